The quantitative estimate of drug-likeness (QED) is 0.293. The molecule has 0 aromatic carbocycles. The summed E-state index contributed by atoms with van der Waals surface area (Å²) in [6.45, 7) is 0. The molecule has 0 N–H and O–H groups in total. The second-order valence-electron chi connectivity index (χ2n) is 1.64. The molecule has 0 spiro atoms. The summed E-state index contributed by atoms with van der Waals surface area (Å²) in [6.07, 6.45) is 0. The first kappa shape index (κ1) is 11.9. The number of halogens is 5. The summed E-state index contributed by atoms with van der Waals surface area (Å²) >= 11 is 11.5. The molecule has 0 unspecified atom stereocenters. The lowest BCUT2D eigenvalue weighted by molar-refractivity contribution is 1.16. The normalized spacial score (nSPS) is 10.3. The van der Waals surface area contributed by atoms with Gasteiger partial charge in [-0.15, -0.1) is 0 Å². The second-order valence-corrected chi connectivity index (χ2v) is 6.92. The molecule has 0 amide bonds. The first-order valence-corrected chi connectivity index (χ1v) is 7.79. The van der Waals surface area contributed by atoms with Gasteiger partial charge in [-0.05, 0) is 113 Å². The fourth-order valence-corrected chi connectivity index (χ4v) is 4.78. The van der Waals surface area contributed by atoms with Crippen LogP contribution in [0.15, 0.2) is 0 Å². The Balaban J connectivity index is 3.46. The fraction of sp³-hybridized carbons (Fsp3) is 0. The number of pyridine rings is 1. The molecule has 0 bridgehead atoms. The Morgan fingerprint density at radius 1 is 0.636 bits per heavy atom. The average molecular weight is 709 g/mol. The maximum atomic E-state index is 4.39. The van der Waals surface area contributed by atoms with E-state index in [1.54, 1.807) is 0 Å². The molecule has 0 atom stereocenters. The van der Waals surface area contributed by atoms with Crippen molar-refractivity contribution in [3.63, 3.8) is 0 Å². The Hall–Kier alpha value is 2.80. The SMILES string of the molecule is Ic1nc(I)c(I)c(I)c1I. The Kier molecular flexibility index (Phi) is 5.44. The molecule has 1 nitrogen and oxygen atoms in total. The van der Waals surface area contributed by atoms with Crippen molar-refractivity contribution < 1.29 is 0 Å². The van der Waals surface area contributed by atoms with E-state index in [1.165, 1.54) is 10.7 Å². The Labute approximate surface area is 133 Å². The van der Waals surface area contributed by atoms with E-state index in [1.807, 2.05) is 0 Å². The molecule has 0 saturated carbocycles. The van der Waals surface area contributed by atoms with Gasteiger partial charge in [0.25, 0.3) is 0 Å². The van der Waals surface area contributed by atoms with Gasteiger partial charge in [-0.1, -0.05) is 0 Å². The summed E-state index contributed by atoms with van der Waals surface area (Å²) in [7, 11) is 0. The summed E-state index contributed by atoms with van der Waals surface area (Å²) in [4.78, 5) is 4.39. The van der Waals surface area contributed by atoms with E-state index in [9.17, 15) is 0 Å². The maximum Gasteiger partial charge on any atom is 0.117 e. The maximum absolute atomic E-state index is 4.39. The molecule has 0 saturated heterocycles. The predicted octanol–water partition coefficient (Wildman–Crippen LogP) is 4.10. The van der Waals surface area contributed by atoms with Gasteiger partial charge in [0.05, 0.1) is 7.14 Å². The van der Waals surface area contributed by atoms with Crippen LogP contribution in [0.4, 0.5) is 0 Å². The summed E-state index contributed by atoms with van der Waals surface area (Å²) in [5.41, 5.74) is 0. The second kappa shape index (κ2) is 5.04. The molecule has 0 fully saturated rings. The smallest absolute Gasteiger partial charge is 0.117 e. The van der Waals surface area contributed by atoms with E-state index in [-0.39, 0.29) is 0 Å². The first-order chi connectivity index (χ1) is 5.04. The molecule has 0 radical (unpaired) electrons. The predicted molar refractivity (Wildman–Crippen MR) is 87.8 cm³/mol. The number of hydrogen-bond donors (Lipinski definition) is 0. The van der Waals surface area contributed by atoms with Gasteiger partial charge in [-0.3, -0.25) is 0 Å². The van der Waals surface area contributed by atoms with Crippen LogP contribution in [-0.4, -0.2) is 4.98 Å². The molecule has 11 heavy (non-hydrogen) atoms. The van der Waals surface area contributed by atoms with Crippen molar-refractivity contribution in [3.05, 3.63) is 18.1 Å². The summed E-state index contributed by atoms with van der Waals surface area (Å²) in [5.74, 6) is 0. The lowest BCUT2D eigenvalue weighted by Crippen LogP contribution is -1.98. The van der Waals surface area contributed by atoms with Crippen LogP contribution < -0.4 is 0 Å². The molecule has 1 aromatic rings. The van der Waals surface area contributed by atoms with Gasteiger partial charge in [0, 0.05) is 3.57 Å². The zero-order valence-electron chi connectivity index (χ0n) is 4.84. The third-order valence-corrected chi connectivity index (χ3v) is 9.81. The van der Waals surface area contributed by atoms with Crippen LogP contribution in [0.1, 0.15) is 0 Å². The number of nitrogens with zero attached hydrogens (tertiary/aromatic N) is 1. The molecule has 0 aliphatic heterocycles. The Morgan fingerprint density at radius 3 is 1.36 bits per heavy atom. The number of aromatic nitrogens is 1. The van der Waals surface area contributed by atoms with Crippen molar-refractivity contribution in [2.45, 2.75) is 0 Å². The third kappa shape index (κ3) is 2.87. The van der Waals surface area contributed by atoms with Crippen LogP contribution >= 0.6 is 113 Å². The van der Waals surface area contributed by atoms with E-state index >= 15 is 0 Å². The van der Waals surface area contributed by atoms with Crippen LogP contribution in [0.25, 0.3) is 0 Å². The standard InChI is InChI=1S/C5I5N/c6-1-2(7)4(9)11-5(10)3(1)8. The van der Waals surface area contributed by atoms with E-state index in [0.29, 0.717) is 0 Å². The van der Waals surface area contributed by atoms with Crippen molar-refractivity contribution >= 4 is 113 Å². The zero-order valence-corrected chi connectivity index (χ0v) is 15.6. The van der Waals surface area contributed by atoms with Crippen LogP contribution in [0, 0.1) is 18.1 Å². The van der Waals surface area contributed by atoms with Gasteiger partial charge in [0.2, 0.25) is 0 Å². The van der Waals surface area contributed by atoms with E-state index in [2.05, 4.69) is 118 Å². The van der Waals surface area contributed by atoms with E-state index in [4.69, 9.17) is 0 Å². The van der Waals surface area contributed by atoms with E-state index < -0.39 is 0 Å². The molecule has 6 heteroatoms. The largest absolute Gasteiger partial charge is 0.234 e. The van der Waals surface area contributed by atoms with Gasteiger partial charge in [0.15, 0.2) is 0 Å². The third-order valence-electron chi connectivity index (χ3n) is 0.944. The molecule has 0 aliphatic carbocycles. The highest BCUT2D eigenvalue weighted by Crippen LogP contribution is 2.27. The Morgan fingerprint density at radius 2 is 1.00 bits per heavy atom. The van der Waals surface area contributed by atoms with Crippen molar-refractivity contribution in [2.24, 2.45) is 0 Å². The summed E-state index contributed by atoms with van der Waals surface area (Å²) in [6, 6.07) is 0. The van der Waals surface area contributed by atoms with Crippen molar-refractivity contribution in [2.75, 3.05) is 0 Å². The van der Waals surface area contributed by atoms with Crippen LogP contribution in [0.2, 0.25) is 0 Å². The molecule has 1 heterocycles. The van der Waals surface area contributed by atoms with Crippen molar-refractivity contribution in [1.82, 2.24) is 4.98 Å². The zero-order chi connectivity index (χ0) is 8.59. The van der Waals surface area contributed by atoms with Crippen molar-refractivity contribution in [1.29, 1.82) is 0 Å². The van der Waals surface area contributed by atoms with Crippen LogP contribution in [-0.2, 0) is 0 Å². The van der Waals surface area contributed by atoms with Crippen LogP contribution in [0.3, 0.4) is 0 Å². The van der Waals surface area contributed by atoms with Gasteiger partial charge in [-0.2, -0.15) is 0 Å². The van der Waals surface area contributed by atoms with Gasteiger partial charge < -0.3 is 0 Å². The minimum Gasteiger partial charge on any atom is -0.234 e. The highest BCUT2D eigenvalue weighted by Gasteiger charge is 2.10. The monoisotopic (exact) mass is 709 g/mol. The fourth-order valence-electron chi connectivity index (χ4n) is 0.462. The summed E-state index contributed by atoms with van der Waals surface area (Å²) in [5, 5.41) is 0. The molecule has 60 valence electrons. The Bertz CT molecular complexity index is 271. The molecule has 0 aliphatic rings. The van der Waals surface area contributed by atoms with Gasteiger partial charge >= 0.3 is 0 Å². The highest BCUT2D eigenvalue weighted by atomic mass is 127. The lowest BCUT2D eigenvalue weighted by atomic mass is 10.5. The molecular formula is C5I5N. The lowest BCUT2D eigenvalue weighted by Gasteiger charge is -2.03. The minimum absolute atomic E-state index is 1.09. The first-order valence-electron chi connectivity index (χ1n) is 2.39. The molecular weight excluding hydrogens is 709 g/mol. The average Bonchev–Trinajstić information content (AvgIpc) is 1.97. The minimum atomic E-state index is 1.09. The molecule has 1 aromatic heterocycles. The van der Waals surface area contributed by atoms with Crippen LogP contribution in [0.5, 0.6) is 0 Å². The number of hydrogen-bond acceptors (Lipinski definition) is 1. The van der Waals surface area contributed by atoms with Gasteiger partial charge in [0.1, 0.15) is 7.40 Å². The highest BCUT2D eigenvalue weighted by molar-refractivity contribution is 14.1. The van der Waals surface area contributed by atoms with E-state index in [0.717, 1.165) is 7.40 Å². The topological polar surface area (TPSA) is 12.9 Å². The number of rotatable bonds is 0. The van der Waals surface area contributed by atoms with Gasteiger partial charge in [-0.25, -0.2) is 4.98 Å². The molecule has 1 rings (SSSR count). The van der Waals surface area contributed by atoms with Crippen molar-refractivity contribution in [3.8, 4) is 0 Å². The summed E-state index contributed by atoms with van der Waals surface area (Å²) < 4.78 is 6.02.